The highest BCUT2D eigenvalue weighted by Gasteiger charge is 2.17. The molecule has 21 heavy (non-hydrogen) atoms. The molecule has 3 rings (SSSR count). The quantitative estimate of drug-likeness (QED) is 0.899. The predicted molar refractivity (Wildman–Crippen MR) is 81.0 cm³/mol. The Hall–Kier alpha value is -2.14. The van der Waals surface area contributed by atoms with Gasteiger partial charge in [-0.3, -0.25) is 9.48 Å². The van der Waals surface area contributed by atoms with Gasteiger partial charge in [0.25, 0.3) is 5.91 Å². The van der Waals surface area contributed by atoms with Gasteiger partial charge in [-0.15, -0.1) is 0 Å². The van der Waals surface area contributed by atoms with Crippen molar-refractivity contribution in [2.24, 2.45) is 0 Å². The van der Waals surface area contributed by atoms with Crippen LogP contribution >= 0.6 is 0 Å². The second kappa shape index (κ2) is 6.54. The summed E-state index contributed by atoms with van der Waals surface area (Å²) in [5.74, 6) is -0.124. The molecule has 0 spiro atoms. The summed E-state index contributed by atoms with van der Waals surface area (Å²) < 4.78 is 1.91. The number of rotatable bonds is 4. The van der Waals surface area contributed by atoms with Crippen molar-refractivity contribution < 1.29 is 4.79 Å². The predicted octanol–water partition coefficient (Wildman–Crippen LogP) is 1.74. The highest BCUT2D eigenvalue weighted by Crippen LogP contribution is 2.15. The van der Waals surface area contributed by atoms with Gasteiger partial charge in [-0.1, -0.05) is 30.3 Å². The topological polar surface area (TPSA) is 59.0 Å². The Balaban J connectivity index is 1.59. The highest BCUT2D eigenvalue weighted by molar-refractivity contribution is 5.92. The number of carbonyl (C=O) groups excluding carboxylic acids is 1. The molecule has 2 N–H and O–H groups in total. The van der Waals surface area contributed by atoms with E-state index < -0.39 is 0 Å². The van der Waals surface area contributed by atoms with Crippen LogP contribution in [0.15, 0.2) is 42.6 Å². The first kappa shape index (κ1) is 13.8. The van der Waals surface area contributed by atoms with E-state index in [1.54, 1.807) is 6.07 Å². The smallest absolute Gasteiger partial charge is 0.272 e. The van der Waals surface area contributed by atoms with Crippen LogP contribution in [0.25, 0.3) is 0 Å². The molecular formula is C16H20N4O. The Morgan fingerprint density at radius 2 is 2.19 bits per heavy atom. The molecule has 2 heterocycles. The number of piperidine rings is 1. The van der Waals surface area contributed by atoms with Crippen molar-refractivity contribution in [2.75, 3.05) is 13.1 Å². The van der Waals surface area contributed by atoms with Crippen molar-refractivity contribution in [2.45, 2.75) is 25.4 Å². The highest BCUT2D eigenvalue weighted by atomic mass is 16.1. The molecule has 0 bridgehead atoms. The second-order valence-electron chi connectivity index (χ2n) is 5.35. The first-order valence-corrected chi connectivity index (χ1v) is 7.41. The first-order valence-electron chi connectivity index (χ1n) is 7.41. The fourth-order valence-electron chi connectivity index (χ4n) is 2.59. The van der Waals surface area contributed by atoms with Crippen molar-refractivity contribution in [1.82, 2.24) is 20.4 Å². The van der Waals surface area contributed by atoms with Gasteiger partial charge in [-0.25, -0.2) is 0 Å². The van der Waals surface area contributed by atoms with Crippen LogP contribution in [0.5, 0.6) is 0 Å². The lowest BCUT2D eigenvalue weighted by molar-refractivity contribution is 0.0944. The third-order valence-corrected chi connectivity index (χ3v) is 3.78. The zero-order chi connectivity index (χ0) is 14.5. The number of hydrogen-bond acceptors (Lipinski definition) is 3. The summed E-state index contributed by atoms with van der Waals surface area (Å²) >= 11 is 0. The van der Waals surface area contributed by atoms with E-state index in [0.717, 1.165) is 31.5 Å². The second-order valence-corrected chi connectivity index (χ2v) is 5.35. The molecule has 1 fully saturated rings. The minimum absolute atomic E-state index is 0.124. The molecule has 0 radical (unpaired) electrons. The van der Waals surface area contributed by atoms with Gasteiger partial charge in [0, 0.05) is 19.3 Å². The van der Waals surface area contributed by atoms with Gasteiger partial charge in [0.1, 0.15) is 5.69 Å². The van der Waals surface area contributed by atoms with E-state index in [4.69, 9.17) is 0 Å². The van der Waals surface area contributed by atoms with Gasteiger partial charge >= 0.3 is 0 Å². The summed E-state index contributed by atoms with van der Waals surface area (Å²) in [7, 11) is 0. The molecule has 1 saturated heterocycles. The summed E-state index contributed by atoms with van der Waals surface area (Å²) in [5.41, 5.74) is 1.57. The summed E-state index contributed by atoms with van der Waals surface area (Å²) in [6, 6.07) is 12.0. The van der Waals surface area contributed by atoms with E-state index in [-0.39, 0.29) is 5.91 Å². The Morgan fingerprint density at radius 3 is 2.95 bits per heavy atom. The van der Waals surface area contributed by atoms with Crippen LogP contribution in [-0.4, -0.2) is 28.8 Å². The van der Waals surface area contributed by atoms with E-state index in [2.05, 4.69) is 15.7 Å². The van der Waals surface area contributed by atoms with E-state index in [1.807, 2.05) is 41.2 Å². The lowest BCUT2D eigenvalue weighted by Crippen LogP contribution is -2.32. The molecule has 1 aromatic carbocycles. The monoisotopic (exact) mass is 284 g/mol. The van der Waals surface area contributed by atoms with Crippen LogP contribution in [0.1, 0.15) is 34.9 Å². The molecule has 1 unspecified atom stereocenters. The molecule has 5 nitrogen and oxygen atoms in total. The zero-order valence-electron chi connectivity index (χ0n) is 12.0. The van der Waals surface area contributed by atoms with E-state index >= 15 is 0 Å². The van der Waals surface area contributed by atoms with Crippen LogP contribution in [-0.2, 0) is 6.54 Å². The average molecular weight is 284 g/mol. The molecule has 1 amide bonds. The third-order valence-electron chi connectivity index (χ3n) is 3.78. The van der Waals surface area contributed by atoms with Crippen LogP contribution < -0.4 is 10.6 Å². The number of carbonyl (C=O) groups is 1. The molecule has 0 aliphatic carbocycles. The lowest BCUT2D eigenvalue weighted by atomic mass is 10.1. The number of hydrogen-bond donors (Lipinski definition) is 2. The summed E-state index contributed by atoms with van der Waals surface area (Å²) in [6.45, 7) is 2.52. The number of nitrogens with one attached hydrogen (secondary N) is 2. The van der Waals surface area contributed by atoms with E-state index in [9.17, 15) is 4.79 Å². The normalized spacial score (nSPS) is 18.4. The van der Waals surface area contributed by atoms with Gasteiger partial charge in [0.05, 0.1) is 6.04 Å². The maximum absolute atomic E-state index is 12.1. The fourth-order valence-corrected chi connectivity index (χ4v) is 2.59. The minimum Gasteiger partial charge on any atom is -0.347 e. The maximum atomic E-state index is 12.1. The summed E-state index contributed by atoms with van der Waals surface area (Å²) in [4.78, 5) is 12.1. The number of amides is 1. The molecule has 2 aromatic rings. The Kier molecular flexibility index (Phi) is 4.31. The first-order chi connectivity index (χ1) is 10.3. The van der Waals surface area contributed by atoms with Crippen LogP contribution in [0.2, 0.25) is 0 Å². The van der Waals surface area contributed by atoms with Crippen molar-refractivity contribution in [3.8, 4) is 0 Å². The van der Waals surface area contributed by atoms with Gasteiger partial charge in [-0.2, -0.15) is 5.10 Å². The number of nitrogens with zero attached hydrogens (tertiary/aromatic N) is 2. The van der Waals surface area contributed by atoms with Crippen molar-refractivity contribution in [3.63, 3.8) is 0 Å². The van der Waals surface area contributed by atoms with Gasteiger partial charge in [0.15, 0.2) is 0 Å². The molecule has 1 aliphatic rings. The van der Waals surface area contributed by atoms with Gasteiger partial charge < -0.3 is 10.6 Å². The van der Waals surface area contributed by atoms with E-state index in [0.29, 0.717) is 18.3 Å². The molecule has 1 aliphatic heterocycles. The largest absolute Gasteiger partial charge is 0.347 e. The van der Waals surface area contributed by atoms with Crippen LogP contribution in [0, 0.1) is 0 Å². The molecule has 0 saturated carbocycles. The molecule has 5 heteroatoms. The Labute approximate surface area is 124 Å². The Morgan fingerprint density at radius 1 is 1.33 bits per heavy atom. The lowest BCUT2D eigenvalue weighted by Gasteiger charge is -2.22. The van der Waals surface area contributed by atoms with Gasteiger partial charge in [-0.05, 0) is 31.0 Å². The summed E-state index contributed by atoms with van der Waals surface area (Å²) in [5, 5.41) is 10.7. The van der Waals surface area contributed by atoms with Gasteiger partial charge in [0.2, 0.25) is 0 Å². The SMILES string of the molecule is O=C(NCc1ccccc1)c1ccn(C2CCCNC2)n1. The maximum Gasteiger partial charge on any atom is 0.272 e. The third kappa shape index (κ3) is 3.49. The minimum atomic E-state index is -0.124. The summed E-state index contributed by atoms with van der Waals surface area (Å²) in [6.07, 6.45) is 4.16. The average Bonchev–Trinajstić information content (AvgIpc) is 3.04. The van der Waals surface area contributed by atoms with Crippen LogP contribution in [0.4, 0.5) is 0 Å². The molecule has 1 aromatic heterocycles. The molecular weight excluding hydrogens is 264 g/mol. The van der Waals surface area contributed by atoms with Crippen LogP contribution in [0.3, 0.4) is 0 Å². The van der Waals surface area contributed by atoms with Crippen molar-refractivity contribution >= 4 is 5.91 Å². The number of benzene rings is 1. The standard InChI is InChI=1S/C16H20N4O/c21-16(18-11-13-5-2-1-3-6-13)15-8-10-20(19-15)14-7-4-9-17-12-14/h1-3,5-6,8,10,14,17H,4,7,9,11-12H2,(H,18,21). The fraction of sp³-hybridized carbons (Fsp3) is 0.375. The zero-order valence-corrected chi connectivity index (χ0v) is 12.0. The molecule has 110 valence electrons. The van der Waals surface area contributed by atoms with Crippen molar-refractivity contribution in [3.05, 3.63) is 53.9 Å². The number of aromatic nitrogens is 2. The molecule has 1 atom stereocenters. The van der Waals surface area contributed by atoms with Crippen molar-refractivity contribution in [1.29, 1.82) is 0 Å². The van der Waals surface area contributed by atoms with E-state index in [1.165, 1.54) is 0 Å². The Bertz CT molecular complexity index is 587.